The van der Waals surface area contributed by atoms with Gasteiger partial charge in [0, 0.05) is 25.7 Å². The van der Waals surface area contributed by atoms with E-state index in [2.05, 4.69) is 0 Å². The van der Waals surface area contributed by atoms with Crippen LogP contribution >= 0.6 is 11.6 Å². The van der Waals surface area contributed by atoms with Gasteiger partial charge in [-0.2, -0.15) is 0 Å². The molecule has 0 aliphatic carbocycles. The fourth-order valence-electron chi connectivity index (χ4n) is 2.60. The average molecular weight is 357 g/mol. The van der Waals surface area contributed by atoms with E-state index in [-0.39, 0.29) is 23.0 Å². The minimum atomic E-state index is -0.848. The molecule has 2 amide bonds. The topological polar surface area (TPSA) is 77.9 Å². The van der Waals surface area contributed by atoms with Crippen molar-refractivity contribution >= 4 is 29.4 Å². The van der Waals surface area contributed by atoms with Crippen molar-refractivity contribution in [3.63, 3.8) is 0 Å². The molecule has 0 aromatic heterocycles. The normalized spacial score (nSPS) is 15.2. The van der Waals surface area contributed by atoms with Crippen molar-refractivity contribution in [2.45, 2.75) is 12.8 Å². The van der Waals surface area contributed by atoms with Crippen molar-refractivity contribution < 1.29 is 23.9 Å². The molecule has 1 heterocycles. The summed E-state index contributed by atoms with van der Waals surface area (Å²) >= 11 is 5.58. The maximum Gasteiger partial charge on any atom is 0.306 e. The van der Waals surface area contributed by atoms with E-state index in [4.69, 9.17) is 16.7 Å². The van der Waals surface area contributed by atoms with Crippen LogP contribution in [0.4, 0.5) is 4.39 Å². The van der Waals surface area contributed by atoms with Gasteiger partial charge in [0.1, 0.15) is 5.82 Å². The summed E-state index contributed by atoms with van der Waals surface area (Å²) in [6.07, 6.45) is 0.808. The lowest BCUT2D eigenvalue weighted by Gasteiger charge is -2.31. The number of rotatable bonds is 4. The highest BCUT2D eigenvalue weighted by Crippen LogP contribution is 2.18. The van der Waals surface area contributed by atoms with Gasteiger partial charge in [-0.25, -0.2) is 4.39 Å². The van der Waals surface area contributed by atoms with E-state index in [0.717, 1.165) is 6.07 Å². The quantitative estimate of drug-likeness (QED) is 0.893. The molecule has 24 heavy (non-hydrogen) atoms. The van der Waals surface area contributed by atoms with Crippen molar-refractivity contribution in [2.24, 2.45) is 5.92 Å². The Labute approximate surface area is 143 Å². The lowest BCUT2D eigenvalue weighted by atomic mass is 9.97. The summed E-state index contributed by atoms with van der Waals surface area (Å²) in [5.41, 5.74) is 0.108. The summed E-state index contributed by atoms with van der Waals surface area (Å²) in [5.74, 6) is -2.72. The highest BCUT2D eigenvalue weighted by atomic mass is 35.5. The molecule has 0 unspecified atom stereocenters. The molecule has 1 aromatic carbocycles. The van der Waals surface area contributed by atoms with Gasteiger partial charge < -0.3 is 14.9 Å². The van der Waals surface area contributed by atoms with Crippen LogP contribution in [0.2, 0.25) is 5.02 Å². The van der Waals surface area contributed by atoms with Gasteiger partial charge in [-0.3, -0.25) is 14.4 Å². The summed E-state index contributed by atoms with van der Waals surface area (Å²) in [4.78, 5) is 38.1. The summed E-state index contributed by atoms with van der Waals surface area (Å²) < 4.78 is 13.4. The van der Waals surface area contributed by atoms with Crippen molar-refractivity contribution in [1.29, 1.82) is 0 Å². The number of benzene rings is 1. The predicted octanol–water partition coefficient (Wildman–Crippen LogP) is 1.87. The Hall–Kier alpha value is -2.15. The van der Waals surface area contributed by atoms with Crippen LogP contribution in [0.1, 0.15) is 23.2 Å². The maximum atomic E-state index is 13.4. The lowest BCUT2D eigenvalue weighted by Crippen LogP contribution is -2.45. The predicted molar refractivity (Wildman–Crippen MR) is 85.3 cm³/mol. The van der Waals surface area contributed by atoms with Crippen LogP contribution < -0.4 is 0 Å². The van der Waals surface area contributed by atoms with Crippen LogP contribution in [-0.4, -0.2) is 59.4 Å². The van der Waals surface area contributed by atoms with Gasteiger partial charge in [-0.05, 0) is 31.0 Å². The molecule has 0 spiro atoms. The molecule has 1 aliphatic heterocycles. The Balaban J connectivity index is 1.92. The van der Waals surface area contributed by atoms with Crippen molar-refractivity contribution in [3.8, 4) is 0 Å². The van der Waals surface area contributed by atoms with Gasteiger partial charge in [0.25, 0.3) is 5.91 Å². The first-order chi connectivity index (χ1) is 11.3. The second kappa shape index (κ2) is 7.61. The molecule has 0 atom stereocenters. The monoisotopic (exact) mass is 356 g/mol. The Kier molecular flexibility index (Phi) is 5.77. The van der Waals surface area contributed by atoms with Crippen molar-refractivity contribution in [1.82, 2.24) is 9.80 Å². The number of aliphatic carboxylic acids is 1. The number of carbonyl (C=O) groups is 3. The van der Waals surface area contributed by atoms with Crippen LogP contribution in [0.5, 0.6) is 0 Å². The first-order valence-corrected chi connectivity index (χ1v) is 7.88. The van der Waals surface area contributed by atoms with Gasteiger partial charge in [0.15, 0.2) is 0 Å². The van der Waals surface area contributed by atoms with Crippen LogP contribution in [0.25, 0.3) is 0 Å². The third kappa shape index (κ3) is 4.23. The van der Waals surface area contributed by atoms with Gasteiger partial charge in [-0.15, -0.1) is 0 Å². The number of halogens is 2. The van der Waals surface area contributed by atoms with E-state index in [9.17, 15) is 18.8 Å². The fourth-order valence-corrected chi connectivity index (χ4v) is 2.72. The smallest absolute Gasteiger partial charge is 0.306 e. The molecule has 0 radical (unpaired) electrons. The van der Waals surface area contributed by atoms with E-state index < -0.39 is 23.6 Å². The van der Waals surface area contributed by atoms with Gasteiger partial charge in [0.05, 0.1) is 17.5 Å². The second-order valence-electron chi connectivity index (χ2n) is 5.78. The lowest BCUT2D eigenvalue weighted by molar-refractivity contribution is -0.145. The fraction of sp³-hybridized carbons (Fsp3) is 0.438. The molecular formula is C16H18ClFN2O4. The van der Waals surface area contributed by atoms with E-state index >= 15 is 0 Å². The molecule has 2 rings (SSSR count). The molecule has 1 N–H and O–H groups in total. The number of hydrogen-bond donors (Lipinski definition) is 1. The summed E-state index contributed by atoms with van der Waals surface area (Å²) in [5, 5.41) is 8.88. The Morgan fingerprint density at radius 1 is 1.33 bits per heavy atom. The van der Waals surface area contributed by atoms with Crippen LogP contribution in [0.3, 0.4) is 0 Å². The molecular weight excluding hydrogens is 339 g/mol. The van der Waals surface area contributed by atoms with Crippen LogP contribution in [-0.2, 0) is 9.59 Å². The van der Waals surface area contributed by atoms with E-state index in [1.54, 1.807) is 4.90 Å². The highest BCUT2D eigenvalue weighted by Gasteiger charge is 2.28. The first-order valence-electron chi connectivity index (χ1n) is 7.50. The molecule has 8 heteroatoms. The average Bonchev–Trinajstić information content (AvgIpc) is 2.56. The third-order valence-corrected chi connectivity index (χ3v) is 4.39. The zero-order chi connectivity index (χ0) is 17.9. The molecule has 6 nitrogen and oxygen atoms in total. The number of nitrogens with zero attached hydrogens (tertiary/aromatic N) is 2. The highest BCUT2D eigenvalue weighted by molar-refractivity contribution is 6.30. The number of likely N-dealkylation sites (tertiary alicyclic amines) is 1. The van der Waals surface area contributed by atoms with E-state index in [1.807, 2.05) is 0 Å². The number of carboxylic acids is 1. The SMILES string of the molecule is CN(CC(=O)N1CCC(C(=O)O)CC1)C(=O)c1ccc(Cl)c(F)c1. The number of likely N-dealkylation sites (N-methyl/N-ethyl adjacent to an activating group) is 1. The van der Waals surface area contributed by atoms with Crippen LogP contribution in [0, 0.1) is 11.7 Å². The Morgan fingerprint density at radius 3 is 2.50 bits per heavy atom. The van der Waals surface area contributed by atoms with Gasteiger partial charge in [0.2, 0.25) is 5.91 Å². The minimum absolute atomic E-state index is 0.0772. The number of hydrogen-bond acceptors (Lipinski definition) is 3. The summed E-state index contributed by atoms with van der Waals surface area (Å²) in [7, 11) is 1.46. The summed E-state index contributed by atoms with van der Waals surface area (Å²) in [6, 6.07) is 3.72. The number of carboxylic acid groups (broad SMARTS) is 1. The van der Waals surface area contributed by atoms with Gasteiger partial charge >= 0.3 is 5.97 Å². The molecule has 1 aliphatic rings. The minimum Gasteiger partial charge on any atom is -0.481 e. The van der Waals surface area contributed by atoms with E-state index in [0.29, 0.717) is 25.9 Å². The van der Waals surface area contributed by atoms with Crippen LogP contribution in [0.15, 0.2) is 18.2 Å². The van der Waals surface area contributed by atoms with Crippen molar-refractivity contribution in [3.05, 3.63) is 34.6 Å². The molecule has 0 saturated carbocycles. The second-order valence-corrected chi connectivity index (χ2v) is 6.19. The molecule has 1 fully saturated rings. The van der Waals surface area contributed by atoms with E-state index in [1.165, 1.54) is 24.1 Å². The number of piperidine rings is 1. The van der Waals surface area contributed by atoms with Gasteiger partial charge in [-0.1, -0.05) is 11.6 Å². The molecule has 1 saturated heterocycles. The summed E-state index contributed by atoms with van der Waals surface area (Å²) in [6.45, 7) is 0.557. The Morgan fingerprint density at radius 2 is 1.96 bits per heavy atom. The molecule has 130 valence electrons. The largest absolute Gasteiger partial charge is 0.481 e. The Bertz CT molecular complexity index is 659. The number of carbonyl (C=O) groups excluding carboxylic acids is 2. The number of amides is 2. The molecule has 1 aromatic rings. The zero-order valence-electron chi connectivity index (χ0n) is 13.2. The standard InChI is InChI=1S/C16H18ClFN2O4/c1-19(15(22)11-2-3-12(17)13(18)8-11)9-14(21)20-6-4-10(5-7-20)16(23)24/h2-3,8,10H,4-7,9H2,1H3,(H,23,24). The first kappa shape index (κ1) is 18.2. The zero-order valence-corrected chi connectivity index (χ0v) is 13.9. The molecule has 0 bridgehead atoms. The van der Waals surface area contributed by atoms with Crippen molar-refractivity contribution in [2.75, 3.05) is 26.7 Å². The maximum absolute atomic E-state index is 13.4. The third-order valence-electron chi connectivity index (χ3n) is 4.08.